The van der Waals surface area contributed by atoms with Crippen molar-refractivity contribution in [2.45, 2.75) is 127 Å². The predicted molar refractivity (Wildman–Crippen MR) is 372 cm³/mol. The number of rotatable bonds is 28. The van der Waals surface area contributed by atoms with Crippen LogP contribution in [-0.4, -0.2) is 144 Å². The Morgan fingerprint density at radius 3 is 0.800 bits per heavy atom. The van der Waals surface area contributed by atoms with E-state index in [-0.39, 0.29) is 63.4 Å². The molecule has 0 N–H and O–H groups in total. The van der Waals surface area contributed by atoms with Crippen molar-refractivity contribution in [3.8, 4) is 46.0 Å². The average Bonchev–Trinajstić information content (AvgIpc) is 1.08. The number of hydrogen-bond donors (Lipinski definition) is 0. The Labute approximate surface area is 618 Å². The summed E-state index contributed by atoms with van der Waals surface area (Å²) in [7, 11) is 0. The first-order valence-corrected chi connectivity index (χ1v) is 35.7. The molecule has 0 saturated carbocycles. The minimum absolute atomic E-state index is 0.0750. The van der Waals surface area contributed by atoms with Crippen molar-refractivity contribution in [2.24, 2.45) is 11.8 Å². The molecule has 4 fully saturated rings. The zero-order valence-corrected chi connectivity index (χ0v) is 59.1. The fourth-order valence-corrected chi connectivity index (χ4v) is 14.6. The standard InChI is InChI=1S/C80H68F12N4O14/c1-39(2)25-57(75(101)93(21-17-49-35-103-49)22-18-50-36-104-50)95-71(97)53-31-59(107-45-13-5-9-41(27-45)77(81,82)83)65-67-61(109-47-15-7-11-43(29-47)79(87,88)89)33-55-64-56(74(100)96(73(55)99)58(26-40(3)4)76(102)94(23-19-51-37-105-51)24-20-52-38-106-52)34-62(110-48-16-8-12-44(30-48)80(90,91)92)68(70(64)67)66-60(32-54(72(95)98)63(53)69(65)66)108-46-14-6-10-42(28-46)78(84,85)86/h5-16,27-34,39-40,49-52,57-58H,17-26,35-38H2,1-4H3. The van der Waals surface area contributed by atoms with Crippen LogP contribution < -0.4 is 18.9 Å². The van der Waals surface area contributed by atoms with Gasteiger partial charge in [0.25, 0.3) is 23.6 Å². The third-order valence-electron chi connectivity index (χ3n) is 20.2. The minimum Gasteiger partial charge on any atom is -0.457 e. The van der Waals surface area contributed by atoms with Gasteiger partial charge in [-0.3, -0.25) is 38.6 Å². The lowest BCUT2D eigenvalue weighted by molar-refractivity contribution is -0.138. The number of alkyl halides is 12. The second kappa shape index (κ2) is 28.5. The summed E-state index contributed by atoms with van der Waals surface area (Å²) in [6.45, 7) is 8.74. The van der Waals surface area contributed by atoms with Gasteiger partial charge in [0, 0.05) is 69.3 Å². The second-order valence-corrected chi connectivity index (χ2v) is 29.1. The Balaban J connectivity index is 1.09. The molecule has 4 saturated heterocycles. The molecule has 15 rings (SSSR count). The highest BCUT2D eigenvalue weighted by molar-refractivity contribution is 6.45. The zero-order valence-electron chi connectivity index (χ0n) is 59.1. The number of carbonyl (C=O) groups excluding carboxylic acids is 6. The maximum absolute atomic E-state index is 16.4. The molecule has 0 aromatic heterocycles. The van der Waals surface area contributed by atoms with Gasteiger partial charge in [0.05, 0.1) is 95.4 Å². The normalized spacial score (nSPS) is 18.8. The fourth-order valence-electron chi connectivity index (χ4n) is 14.6. The van der Waals surface area contributed by atoms with Crippen LogP contribution in [0.4, 0.5) is 52.7 Å². The molecule has 6 amide bonds. The highest BCUT2D eigenvalue weighted by atomic mass is 19.4. The molecule has 6 unspecified atom stereocenters. The number of hydrogen-bond acceptors (Lipinski definition) is 14. The fraction of sp³-hybridized carbons (Fsp3) is 0.375. The van der Waals surface area contributed by atoms with E-state index in [9.17, 15) is 52.7 Å². The van der Waals surface area contributed by atoms with Crippen molar-refractivity contribution in [1.82, 2.24) is 19.6 Å². The lowest BCUT2D eigenvalue weighted by Crippen LogP contribution is -2.55. The largest absolute Gasteiger partial charge is 0.457 e. The highest BCUT2D eigenvalue weighted by Gasteiger charge is 2.49. The molecule has 110 heavy (non-hydrogen) atoms. The highest BCUT2D eigenvalue weighted by Crippen LogP contribution is 2.59. The Morgan fingerprint density at radius 1 is 0.373 bits per heavy atom. The molecule has 0 radical (unpaired) electrons. The number of carbonyl (C=O) groups is 6. The van der Waals surface area contributed by atoms with Gasteiger partial charge in [-0.2, -0.15) is 52.7 Å². The number of halogens is 12. The van der Waals surface area contributed by atoms with Crippen molar-refractivity contribution in [1.29, 1.82) is 0 Å². The zero-order chi connectivity index (χ0) is 77.9. The van der Waals surface area contributed by atoms with Crippen molar-refractivity contribution >= 4 is 78.5 Å². The SMILES string of the molecule is CC(C)CC(C(=O)N(CCC1CO1)CCC1CO1)N1C(=O)c2cc(Oc3cccc(C(F)(F)F)c3)c3c4c(Oc5cccc(C(F)(F)F)c5)cc5c6c(cc(Oc7cccc(C(F)(F)F)c7)c(c7c(Oc8cccc(C(F)(F)F)c8)cc(c2c37)C1=O)c64)C(=O)N(C(CC(C)C)C(=O)N(CCC1CO1)CCC1CO1)C5=O. The summed E-state index contributed by atoms with van der Waals surface area (Å²) in [5, 5.41) is -3.69. The van der Waals surface area contributed by atoms with Crippen LogP contribution in [0.5, 0.6) is 46.0 Å². The first kappa shape index (κ1) is 75.1. The number of fused-ring (bicyclic) bond motifs is 2. The van der Waals surface area contributed by atoms with E-state index in [1.54, 1.807) is 27.7 Å². The van der Waals surface area contributed by atoms with E-state index < -0.39 is 218 Å². The molecule has 0 bridgehead atoms. The summed E-state index contributed by atoms with van der Waals surface area (Å²) in [4.78, 5) is 101. The molecule has 30 heteroatoms. The average molecular weight is 1540 g/mol. The Hall–Kier alpha value is -10.3. The molecule has 6 atom stereocenters. The van der Waals surface area contributed by atoms with E-state index in [1.807, 2.05) is 0 Å². The van der Waals surface area contributed by atoms with Crippen LogP contribution in [0, 0.1) is 11.8 Å². The first-order valence-electron chi connectivity index (χ1n) is 35.7. The quantitative estimate of drug-likeness (QED) is 0.0147. The van der Waals surface area contributed by atoms with Crippen molar-refractivity contribution in [2.75, 3.05) is 52.6 Å². The van der Waals surface area contributed by atoms with Gasteiger partial charge >= 0.3 is 24.7 Å². The van der Waals surface area contributed by atoms with Gasteiger partial charge in [0.15, 0.2) is 0 Å². The molecule has 6 aliphatic rings. The number of benzene rings is 9. The van der Waals surface area contributed by atoms with Gasteiger partial charge < -0.3 is 47.7 Å². The Morgan fingerprint density at radius 2 is 0.600 bits per heavy atom. The molecular weight excluding hydrogens is 1470 g/mol. The molecule has 0 spiro atoms. The third kappa shape index (κ3) is 15.1. The van der Waals surface area contributed by atoms with Gasteiger partial charge in [0.2, 0.25) is 11.8 Å². The lowest BCUT2D eigenvalue weighted by Gasteiger charge is -2.38. The van der Waals surface area contributed by atoms with Crippen LogP contribution in [0.1, 0.15) is 130 Å². The van der Waals surface area contributed by atoms with E-state index in [1.165, 1.54) is 9.80 Å². The predicted octanol–water partition coefficient (Wildman–Crippen LogP) is 17.8. The van der Waals surface area contributed by atoms with Gasteiger partial charge in [-0.05, 0) is 147 Å². The van der Waals surface area contributed by atoms with E-state index in [4.69, 9.17) is 37.9 Å². The van der Waals surface area contributed by atoms with Gasteiger partial charge in [-0.1, -0.05) is 52.0 Å². The van der Waals surface area contributed by atoms with E-state index in [0.717, 1.165) is 72.8 Å². The monoisotopic (exact) mass is 1540 g/mol. The van der Waals surface area contributed by atoms with Crippen LogP contribution >= 0.6 is 0 Å². The van der Waals surface area contributed by atoms with Crippen molar-refractivity contribution in [3.63, 3.8) is 0 Å². The van der Waals surface area contributed by atoms with Gasteiger partial charge in [-0.15, -0.1) is 0 Å². The third-order valence-corrected chi connectivity index (χ3v) is 20.2. The maximum atomic E-state index is 16.4. The molecule has 6 aliphatic heterocycles. The number of imide groups is 2. The molecular formula is C80H68F12N4O14. The van der Waals surface area contributed by atoms with Crippen molar-refractivity contribution < 1.29 is 119 Å². The molecule has 0 aliphatic carbocycles. The van der Waals surface area contributed by atoms with Crippen LogP contribution in [0.2, 0.25) is 0 Å². The molecule has 9 aromatic rings. The lowest BCUT2D eigenvalue weighted by atomic mass is 9.80. The molecule has 18 nitrogen and oxygen atoms in total. The topological polar surface area (TPSA) is 202 Å². The summed E-state index contributed by atoms with van der Waals surface area (Å²) in [6.07, 6.45) is -20.2. The maximum Gasteiger partial charge on any atom is 0.416 e. The van der Waals surface area contributed by atoms with Crippen molar-refractivity contribution in [3.05, 3.63) is 166 Å². The summed E-state index contributed by atoms with van der Waals surface area (Å²) in [6, 6.07) is 14.0. The van der Waals surface area contributed by atoms with Crippen LogP contribution in [0.15, 0.2) is 121 Å². The summed E-state index contributed by atoms with van der Waals surface area (Å²) < 4.78 is 229. The Bertz CT molecular complexity index is 4600. The molecule has 9 aromatic carbocycles. The second-order valence-electron chi connectivity index (χ2n) is 29.1. The number of amides is 6. The number of nitrogens with zero attached hydrogens (tertiary/aromatic N) is 4. The summed E-state index contributed by atoms with van der Waals surface area (Å²) in [5.41, 5.74) is -7.34. The number of ether oxygens (including phenoxy) is 8. The minimum atomic E-state index is -5.07. The van der Waals surface area contributed by atoms with Crippen LogP contribution in [0.25, 0.3) is 43.1 Å². The van der Waals surface area contributed by atoms with E-state index in [2.05, 4.69) is 0 Å². The smallest absolute Gasteiger partial charge is 0.416 e. The summed E-state index contributed by atoms with van der Waals surface area (Å²) in [5.74, 6) is -12.5. The Kier molecular flexibility index (Phi) is 19.5. The van der Waals surface area contributed by atoms with Gasteiger partial charge in [-0.25, -0.2) is 0 Å². The van der Waals surface area contributed by atoms with Gasteiger partial charge in [0.1, 0.15) is 58.1 Å². The van der Waals surface area contributed by atoms with E-state index >= 15 is 28.8 Å². The van der Waals surface area contributed by atoms with Crippen LogP contribution in [0.3, 0.4) is 0 Å². The molecule has 576 valence electrons. The van der Waals surface area contributed by atoms with E-state index in [0.29, 0.717) is 110 Å². The summed E-state index contributed by atoms with van der Waals surface area (Å²) >= 11 is 0. The van der Waals surface area contributed by atoms with Crippen LogP contribution in [-0.2, 0) is 53.2 Å². The number of epoxide rings is 4. The molecule has 6 heterocycles. The first-order chi connectivity index (χ1) is 52.2.